The minimum absolute atomic E-state index is 0.0190. The van der Waals surface area contributed by atoms with Crippen molar-refractivity contribution < 1.29 is 14.3 Å². The number of hydrogen-bond donors (Lipinski definition) is 1. The van der Waals surface area contributed by atoms with Crippen molar-refractivity contribution in [2.45, 2.75) is 32.4 Å². The Balaban J connectivity index is 1.61. The summed E-state index contributed by atoms with van der Waals surface area (Å²) in [4.78, 5) is 28.3. The summed E-state index contributed by atoms with van der Waals surface area (Å²) in [6, 6.07) is 7.95. The molecule has 2 aliphatic heterocycles. The number of nitrogens with one attached hydrogen (secondary N) is 1. The van der Waals surface area contributed by atoms with Gasteiger partial charge in [-0.25, -0.2) is 0 Å². The SMILES string of the molecule is CC(C)N1CCC(NC(=O)CN2C(=O)COc3ccccc32)C1. The largest absolute Gasteiger partial charge is 0.482 e. The molecule has 1 atom stereocenters. The van der Waals surface area contributed by atoms with E-state index in [0.29, 0.717) is 17.5 Å². The lowest BCUT2D eigenvalue weighted by molar-refractivity contribution is -0.125. The molecule has 0 aromatic heterocycles. The first-order chi connectivity index (χ1) is 11.0. The van der Waals surface area contributed by atoms with Crippen LogP contribution < -0.4 is 15.0 Å². The van der Waals surface area contributed by atoms with Gasteiger partial charge in [0.05, 0.1) is 5.69 Å². The van der Waals surface area contributed by atoms with E-state index in [1.54, 1.807) is 6.07 Å². The Kier molecular flexibility index (Phi) is 4.52. The van der Waals surface area contributed by atoms with Crippen molar-refractivity contribution in [3.63, 3.8) is 0 Å². The van der Waals surface area contributed by atoms with Crippen molar-refractivity contribution in [2.75, 3.05) is 31.1 Å². The minimum atomic E-state index is -0.186. The molecule has 1 fully saturated rings. The van der Waals surface area contributed by atoms with Gasteiger partial charge in [-0.1, -0.05) is 12.1 Å². The highest BCUT2D eigenvalue weighted by atomic mass is 16.5. The first-order valence-corrected chi connectivity index (χ1v) is 8.10. The first kappa shape index (κ1) is 15.8. The van der Waals surface area contributed by atoms with Crippen LogP contribution in [0.25, 0.3) is 0 Å². The number of nitrogens with zero attached hydrogens (tertiary/aromatic N) is 2. The summed E-state index contributed by atoms with van der Waals surface area (Å²) in [5.41, 5.74) is 0.661. The fourth-order valence-corrected chi connectivity index (χ4v) is 3.12. The first-order valence-electron chi connectivity index (χ1n) is 8.10. The molecule has 6 nitrogen and oxygen atoms in total. The van der Waals surface area contributed by atoms with Gasteiger partial charge < -0.3 is 10.1 Å². The van der Waals surface area contributed by atoms with Gasteiger partial charge in [0.1, 0.15) is 12.3 Å². The van der Waals surface area contributed by atoms with Crippen LogP contribution in [0.3, 0.4) is 0 Å². The summed E-state index contributed by atoms with van der Waals surface area (Å²) in [7, 11) is 0. The number of fused-ring (bicyclic) bond motifs is 1. The second-order valence-corrected chi connectivity index (χ2v) is 6.38. The number of para-hydroxylation sites is 2. The van der Waals surface area contributed by atoms with E-state index < -0.39 is 0 Å². The second kappa shape index (κ2) is 6.58. The van der Waals surface area contributed by atoms with Crippen molar-refractivity contribution in [3.05, 3.63) is 24.3 Å². The van der Waals surface area contributed by atoms with Gasteiger partial charge in [0.2, 0.25) is 5.91 Å². The van der Waals surface area contributed by atoms with Crippen LogP contribution in [0.15, 0.2) is 24.3 Å². The van der Waals surface area contributed by atoms with Crippen molar-refractivity contribution in [2.24, 2.45) is 0 Å². The van der Waals surface area contributed by atoms with Crippen molar-refractivity contribution >= 4 is 17.5 Å². The van der Waals surface area contributed by atoms with E-state index in [2.05, 4.69) is 24.1 Å². The monoisotopic (exact) mass is 317 g/mol. The lowest BCUT2D eigenvalue weighted by atomic mass is 10.2. The van der Waals surface area contributed by atoms with Crippen LogP contribution >= 0.6 is 0 Å². The van der Waals surface area contributed by atoms with E-state index in [0.717, 1.165) is 19.5 Å². The Hall–Kier alpha value is -2.08. The molecule has 1 unspecified atom stereocenters. The fraction of sp³-hybridized carbons (Fsp3) is 0.529. The summed E-state index contributed by atoms with van der Waals surface area (Å²) in [5, 5.41) is 3.05. The molecule has 1 saturated heterocycles. The predicted molar refractivity (Wildman–Crippen MR) is 87.5 cm³/mol. The highest BCUT2D eigenvalue weighted by molar-refractivity contribution is 6.02. The topological polar surface area (TPSA) is 61.9 Å². The number of carbonyl (C=O) groups is 2. The molecule has 1 aromatic carbocycles. The Labute approximate surface area is 136 Å². The van der Waals surface area contributed by atoms with E-state index in [9.17, 15) is 9.59 Å². The molecule has 0 aliphatic carbocycles. The zero-order chi connectivity index (χ0) is 16.4. The lowest BCUT2D eigenvalue weighted by Crippen LogP contribution is -2.48. The molecule has 2 amide bonds. The minimum Gasteiger partial charge on any atom is -0.482 e. The second-order valence-electron chi connectivity index (χ2n) is 6.38. The predicted octanol–water partition coefficient (Wildman–Crippen LogP) is 1.01. The van der Waals surface area contributed by atoms with Crippen LogP contribution in [0.5, 0.6) is 5.75 Å². The third-order valence-electron chi connectivity index (χ3n) is 4.43. The summed E-state index contributed by atoms with van der Waals surface area (Å²) in [5.74, 6) is 0.339. The van der Waals surface area contributed by atoms with Crippen LogP contribution in [0.2, 0.25) is 0 Å². The number of amides is 2. The van der Waals surface area contributed by atoms with Crippen molar-refractivity contribution in [1.82, 2.24) is 10.2 Å². The van der Waals surface area contributed by atoms with Crippen LogP contribution in [0.1, 0.15) is 20.3 Å². The fourth-order valence-electron chi connectivity index (χ4n) is 3.12. The van der Waals surface area contributed by atoms with Crippen molar-refractivity contribution in [3.8, 4) is 5.75 Å². The summed E-state index contributed by atoms with van der Waals surface area (Å²) in [6.07, 6.45) is 0.956. The molecule has 3 rings (SSSR count). The number of ether oxygens (including phenoxy) is 1. The van der Waals surface area contributed by atoms with Crippen LogP contribution in [-0.2, 0) is 9.59 Å². The Morgan fingerprint density at radius 3 is 2.91 bits per heavy atom. The zero-order valence-corrected chi connectivity index (χ0v) is 13.6. The smallest absolute Gasteiger partial charge is 0.265 e. The number of hydrogen-bond acceptors (Lipinski definition) is 4. The molecule has 0 saturated carbocycles. The van der Waals surface area contributed by atoms with E-state index in [1.807, 2.05) is 18.2 Å². The molecule has 2 aliphatic rings. The molecule has 124 valence electrons. The summed E-state index contributed by atoms with van der Waals surface area (Å²) in [6.45, 7) is 6.21. The standard InChI is InChI=1S/C17H23N3O3/c1-12(2)19-8-7-13(9-19)18-16(21)10-20-14-5-3-4-6-15(14)23-11-17(20)22/h3-6,12-13H,7-11H2,1-2H3,(H,18,21). The molecule has 23 heavy (non-hydrogen) atoms. The Morgan fingerprint density at radius 2 is 2.17 bits per heavy atom. The molecule has 1 aromatic rings. The average Bonchev–Trinajstić information content (AvgIpc) is 2.99. The molecular formula is C17H23N3O3. The van der Waals surface area contributed by atoms with E-state index >= 15 is 0 Å². The van der Waals surface area contributed by atoms with Crippen LogP contribution in [0, 0.1) is 0 Å². The molecule has 0 spiro atoms. The van der Waals surface area contributed by atoms with Gasteiger partial charge in [0, 0.05) is 25.2 Å². The maximum Gasteiger partial charge on any atom is 0.265 e. The number of benzene rings is 1. The Morgan fingerprint density at radius 1 is 1.39 bits per heavy atom. The summed E-state index contributed by atoms with van der Waals surface area (Å²) >= 11 is 0. The molecule has 6 heteroatoms. The van der Waals surface area contributed by atoms with Gasteiger partial charge in [0.25, 0.3) is 5.91 Å². The number of rotatable bonds is 4. The van der Waals surface area contributed by atoms with Gasteiger partial charge in [-0.05, 0) is 32.4 Å². The molecule has 0 bridgehead atoms. The van der Waals surface area contributed by atoms with Gasteiger partial charge in [-0.3, -0.25) is 19.4 Å². The molecular weight excluding hydrogens is 294 g/mol. The number of likely N-dealkylation sites (tertiary alicyclic amines) is 1. The third-order valence-corrected chi connectivity index (χ3v) is 4.43. The molecule has 1 N–H and O–H groups in total. The van der Waals surface area contributed by atoms with Gasteiger partial charge in [0.15, 0.2) is 6.61 Å². The average molecular weight is 317 g/mol. The van der Waals surface area contributed by atoms with Crippen molar-refractivity contribution in [1.29, 1.82) is 0 Å². The number of carbonyl (C=O) groups excluding carboxylic acids is 2. The summed E-state index contributed by atoms with van der Waals surface area (Å²) < 4.78 is 5.39. The Bertz CT molecular complexity index is 603. The quantitative estimate of drug-likeness (QED) is 0.900. The van der Waals surface area contributed by atoms with E-state index in [4.69, 9.17) is 4.74 Å². The van der Waals surface area contributed by atoms with Gasteiger partial charge >= 0.3 is 0 Å². The van der Waals surface area contributed by atoms with E-state index in [-0.39, 0.29) is 31.0 Å². The van der Waals surface area contributed by atoms with Gasteiger partial charge in [-0.15, -0.1) is 0 Å². The van der Waals surface area contributed by atoms with Crippen LogP contribution in [0.4, 0.5) is 5.69 Å². The highest BCUT2D eigenvalue weighted by Crippen LogP contribution is 2.31. The third kappa shape index (κ3) is 3.47. The zero-order valence-electron chi connectivity index (χ0n) is 13.6. The van der Waals surface area contributed by atoms with E-state index in [1.165, 1.54) is 4.90 Å². The number of anilines is 1. The van der Waals surface area contributed by atoms with Gasteiger partial charge in [-0.2, -0.15) is 0 Å². The maximum absolute atomic E-state index is 12.3. The highest BCUT2D eigenvalue weighted by Gasteiger charge is 2.29. The van der Waals surface area contributed by atoms with Crippen LogP contribution in [-0.4, -0.2) is 55.0 Å². The molecule has 2 heterocycles. The molecule has 0 radical (unpaired) electrons. The lowest BCUT2D eigenvalue weighted by Gasteiger charge is -2.29. The normalized spacial score (nSPS) is 21.3. The maximum atomic E-state index is 12.3.